The van der Waals surface area contributed by atoms with Gasteiger partial charge in [0.2, 0.25) is 0 Å². The van der Waals surface area contributed by atoms with Crippen LogP contribution in [0.4, 0.5) is 45.5 Å². The second kappa shape index (κ2) is 21.9. The molecule has 15 aromatic rings. The molecule has 0 spiro atoms. The zero-order chi connectivity index (χ0) is 66.6. The zero-order valence-corrected chi connectivity index (χ0v) is 57.4. The third kappa shape index (κ3) is 9.90. The van der Waals surface area contributed by atoms with Crippen molar-refractivity contribution in [1.82, 2.24) is 0 Å². The summed E-state index contributed by atoms with van der Waals surface area (Å²) in [5, 5.41) is 5.19. The Morgan fingerprint density at radius 1 is 0.320 bits per heavy atom. The first-order valence-corrected chi connectivity index (χ1v) is 34.2. The van der Waals surface area contributed by atoms with E-state index in [1.807, 2.05) is 0 Å². The van der Waals surface area contributed by atoms with Crippen LogP contribution in [-0.2, 0) is 21.7 Å². The van der Waals surface area contributed by atoms with Crippen LogP contribution in [0.1, 0.15) is 105 Å². The molecule has 5 heterocycles. The Morgan fingerprint density at radius 2 is 0.835 bits per heavy atom. The molecule has 97 heavy (non-hydrogen) atoms. The summed E-state index contributed by atoms with van der Waals surface area (Å²) < 4.78 is 22.2. The van der Waals surface area contributed by atoms with Gasteiger partial charge >= 0.3 is 6.85 Å². The average Bonchev–Trinajstić information content (AvgIpc) is 1.67. The summed E-state index contributed by atoms with van der Waals surface area (Å²) in [5.74, 6) is 0.830. The predicted molar refractivity (Wildman–Crippen MR) is 410 cm³/mol. The molecule has 0 saturated carbocycles. The van der Waals surface area contributed by atoms with Gasteiger partial charge in [-0.1, -0.05) is 235 Å². The van der Waals surface area contributed by atoms with E-state index < -0.39 is 6.85 Å². The molecule has 6 nitrogen and oxygen atoms in total. The van der Waals surface area contributed by atoms with Gasteiger partial charge in [0.1, 0.15) is 33.7 Å². The zero-order valence-electron chi connectivity index (χ0n) is 57.4. The van der Waals surface area contributed by atoms with E-state index in [1.165, 1.54) is 22.3 Å². The maximum Gasteiger partial charge on any atom is 0.333 e. The lowest BCUT2D eigenvalue weighted by Crippen LogP contribution is -2.61. The summed E-state index contributed by atoms with van der Waals surface area (Å²) >= 11 is 0. The molecule has 0 aliphatic carbocycles. The molecule has 0 radical (unpaired) electrons. The van der Waals surface area contributed by atoms with Gasteiger partial charge in [-0.25, -0.2) is 0 Å². The molecule has 0 amide bonds. The normalized spacial score (nSPS) is 13.3. The Kier molecular flexibility index (Phi) is 13.5. The molecule has 3 aromatic heterocycles. The SMILES string of the molecule is CC(C)(C)c1ccc(N2B3c4cc5oc(-c6ccccc6)c(-c6ccccc6)c5cc4N(c4ccc(C(C)(C)C)cc4-c4ccccc4)c4cc5c(oc6ccccc65)c(c43)-c3cc4c(cc32)oc2cc(N(c3ccc(C(C)(C)C)cc3)c3ccc(C(C)(C)C)cc3)ccc24)cc1. The quantitative estimate of drug-likeness (QED) is 0.141. The molecule has 7 heteroatoms. The predicted octanol–water partition coefficient (Wildman–Crippen LogP) is 24.6. The third-order valence-corrected chi connectivity index (χ3v) is 20.5. The number of hydrogen-bond donors (Lipinski definition) is 0. The van der Waals surface area contributed by atoms with Gasteiger partial charge in [-0.05, 0) is 157 Å². The van der Waals surface area contributed by atoms with Gasteiger partial charge in [0.25, 0.3) is 0 Å². The molecule has 2 aliphatic heterocycles. The second-order valence-electron chi connectivity index (χ2n) is 30.9. The van der Waals surface area contributed by atoms with Crippen molar-refractivity contribution in [1.29, 1.82) is 0 Å². The van der Waals surface area contributed by atoms with Crippen LogP contribution in [0.15, 0.2) is 268 Å². The van der Waals surface area contributed by atoms with Crippen LogP contribution >= 0.6 is 0 Å². The van der Waals surface area contributed by atoms with Gasteiger partial charge in [0.05, 0.1) is 5.69 Å². The Morgan fingerprint density at radius 3 is 1.45 bits per heavy atom. The van der Waals surface area contributed by atoms with Crippen LogP contribution in [0, 0.1) is 0 Å². The lowest BCUT2D eigenvalue weighted by atomic mass is 9.43. The molecule has 0 N–H and O–H groups in total. The molecule has 0 saturated heterocycles. The number of hydrogen-bond acceptors (Lipinski definition) is 6. The fourth-order valence-corrected chi connectivity index (χ4v) is 15.2. The minimum absolute atomic E-state index is 0.00365. The largest absolute Gasteiger partial charge is 0.456 e. The molecule has 17 rings (SSSR count). The number of fused-ring (bicyclic) bond motifs is 12. The summed E-state index contributed by atoms with van der Waals surface area (Å²) in [6, 6.07) is 94.2. The molecule has 12 aromatic carbocycles. The third-order valence-electron chi connectivity index (χ3n) is 20.5. The average molecular weight is 1260 g/mol. The summed E-state index contributed by atoms with van der Waals surface area (Å²) in [7, 11) is 0. The maximum absolute atomic E-state index is 7.43. The molecular weight excluding hydrogens is 1180 g/mol. The van der Waals surface area contributed by atoms with Crippen LogP contribution in [0.5, 0.6) is 0 Å². The number of furan rings is 3. The van der Waals surface area contributed by atoms with Crippen molar-refractivity contribution in [3.05, 3.63) is 277 Å². The lowest BCUT2D eigenvalue weighted by molar-refractivity contribution is 0.590. The Labute approximate surface area is 569 Å². The number of nitrogens with zero attached hydrogens (tertiary/aromatic N) is 3. The van der Waals surface area contributed by atoms with E-state index in [2.05, 4.69) is 352 Å². The first kappa shape index (κ1) is 59.9. The van der Waals surface area contributed by atoms with Gasteiger partial charge < -0.3 is 27.9 Å². The molecule has 474 valence electrons. The van der Waals surface area contributed by atoms with Crippen LogP contribution in [0.3, 0.4) is 0 Å². The lowest BCUT2D eigenvalue weighted by Gasteiger charge is -2.46. The number of benzene rings is 12. The first-order chi connectivity index (χ1) is 46.6. The summed E-state index contributed by atoms with van der Waals surface area (Å²) in [6.07, 6.45) is 0. The van der Waals surface area contributed by atoms with E-state index in [1.54, 1.807) is 0 Å². The van der Waals surface area contributed by atoms with E-state index in [9.17, 15) is 0 Å². The van der Waals surface area contributed by atoms with Crippen molar-refractivity contribution in [2.75, 3.05) is 14.6 Å². The fourth-order valence-electron chi connectivity index (χ4n) is 15.2. The van der Waals surface area contributed by atoms with Gasteiger partial charge in [0, 0.05) is 107 Å². The Bertz CT molecular complexity index is 5540. The van der Waals surface area contributed by atoms with Crippen molar-refractivity contribution in [2.24, 2.45) is 0 Å². The van der Waals surface area contributed by atoms with E-state index in [-0.39, 0.29) is 21.7 Å². The minimum Gasteiger partial charge on any atom is -0.456 e. The molecule has 0 bridgehead atoms. The van der Waals surface area contributed by atoms with E-state index in [0.29, 0.717) is 0 Å². The van der Waals surface area contributed by atoms with Crippen molar-refractivity contribution in [3.8, 4) is 44.7 Å². The van der Waals surface area contributed by atoms with E-state index >= 15 is 0 Å². The number of anilines is 8. The highest BCUT2D eigenvalue weighted by molar-refractivity contribution is 6.94. The first-order valence-electron chi connectivity index (χ1n) is 34.2. The summed E-state index contributed by atoms with van der Waals surface area (Å²) in [5.41, 5.74) is 27.2. The number of rotatable bonds is 8. The van der Waals surface area contributed by atoms with E-state index in [4.69, 9.17) is 13.3 Å². The monoisotopic (exact) mass is 1260 g/mol. The summed E-state index contributed by atoms with van der Waals surface area (Å²) in [4.78, 5) is 7.54. The van der Waals surface area contributed by atoms with Crippen LogP contribution in [0.25, 0.3) is 99.6 Å². The molecular formula is C90H78BN3O3. The van der Waals surface area contributed by atoms with Gasteiger partial charge in [0.15, 0.2) is 0 Å². The highest BCUT2D eigenvalue weighted by atomic mass is 16.3. The second-order valence-corrected chi connectivity index (χ2v) is 30.9. The molecule has 2 aliphatic rings. The maximum atomic E-state index is 7.43. The van der Waals surface area contributed by atoms with Crippen molar-refractivity contribution >= 4 is 118 Å². The highest BCUT2D eigenvalue weighted by Crippen LogP contribution is 2.55. The van der Waals surface area contributed by atoms with Crippen LogP contribution in [-0.4, -0.2) is 6.85 Å². The van der Waals surface area contributed by atoms with Gasteiger partial charge in [-0.3, -0.25) is 0 Å². The smallest absolute Gasteiger partial charge is 0.333 e. The molecule has 0 atom stereocenters. The standard InChI is InChI=1S/C90H78BN3O3/c1-87(2,3)58-32-39-62(40-33-58)92(63-41-34-59(35-42-63)88(4,5)6)65-45-46-67-69-50-71-75(54-81(69)95-79(67)49-65)94(64-43-36-60(37-44-64)89(7,8)9)91-73-53-80-72(82(56-26-18-14-19-27-56)85(97-80)57-28-20-15-21-29-57)52-76(73)93(74-47-38-61(90(10,11)12)48-68(74)55-24-16-13-17-25-55)77-51-70-66-30-22-23-31-78(66)96-86(70)83(71)84(77)91/h13-54H,1-12H3. The molecule has 0 unspecified atom stereocenters. The highest BCUT2D eigenvalue weighted by Gasteiger charge is 2.48. The van der Waals surface area contributed by atoms with Gasteiger partial charge in [-0.2, -0.15) is 0 Å². The minimum atomic E-state index is -0.415. The van der Waals surface area contributed by atoms with Crippen molar-refractivity contribution in [2.45, 2.75) is 105 Å². The van der Waals surface area contributed by atoms with Crippen molar-refractivity contribution < 1.29 is 13.3 Å². The summed E-state index contributed by atoms with van der Waals surface area (Å²) in [6.45, 7) is 27.0. The topological polar surface area (TPSA) is 49.1 Å². The van der Waals surface area contributed by atoms with Crippen LogP contribution in [0.2, 0.25) is 0 Å². The van der Waals surface area contributed by atoms with E-state index in [0.717, 1.165) is 156 Å². The number of para-hydroxylation sites is 1. The fraction of sp³-hybridized carbons (Fsp3) is 0.178. The van der Waals surface area contributed by atoms with Crippen molar-refractivity contribution in [3.63, 3.8) is 0 Å². The Hall–Kier alpha value is -10.8. The molecule has 0 fully saturated rings. The van der Waals surface area contributed by atoms with Gasteiger partial charge in [-0.15, -0.1) is 0 Å². The van der Waals surface area contributed by atoms with Crippen LogP contribution < -0.4 is 25.5 Å². The Balaban J connectivity index is 0.982.